The van der Waals surface area contributed by atoms with E-state index in [9.17, 15) is 4.79 Å². The zero-order chi connectivity index (χ0) is 27.0. The highest BCUT2D eigenvalue weighted by Crippen LogP contribution is 2.22. The molecule has 0 aliphatic rings. The van der Waals surface area contributed by atoms with Gasteiger partial charge in [0.1, 0.15) is 5.75 Å². The summed E-state index contributed by atoms with van der Waals surface area (Å²) >= 11 is 1.86. The van der Waals surface area contributed by atoms with Gasteiger partial charge in [0.2, 0.25) is 0 Å². The second-order valence-corrected chi connectivity index (χ2v) is 9.27. The Morgan fingerprint density at radius 3 is 2.16 bits per heavy atom. The number of benzene rings is 3. The van der Waals surface area contributed by atoms with Crippen molar-refractivity contribution >= 4 is 29.6 Å². The smallest absolute Gasteiger partial charge is 0.414 e. The molecule has 0 saturated heterocycles. The van der Waals surface area contributed by atoms with Crippen molar-refractivity contribution in [1.82, 2.24) is 10.2 Å². The zero-order valence-corrected chi connectivity index (χ0v) is 21.7. The van der Waals surface area contributed by atoms with Gasteiger partial charge in [0.05, 0.1) is 6.61 Å². The van der Waals surface area contributed by atoms with Crippen molar-refractivity contribution in [3.8, 4) is 16.9 Å². The van der Waals surface area contributed by atoms with Gasteiger partial charge < -0.3 is 25.2 Å². The number of nitrogens with one attached hydrogen (secondary N) is 1. The molecule has 0 aliphatic heterocycles. The predicted molar refractivity (Wildman–Crippen MR) is 146 cm³/mol. The number of rotatable bonds is 11. The van der Waals surface area contributed by atoms with E-state index in [0.29, 0.717) is 18.7 Å². The van der Waals surface area contributed by atoms with Crippen LogP contribution in [0.15, 0.2) is 78.9 Å². The minimum Gasteiger partial charge on any atom is -0.493 e. The van der Waals surface area contributed by atoms with Gasteiger partial charge in [0.15, 0.2) is 0 Å². The molecule has 196 valence electrons. The van der Waals surface area contributed by atoms with E-state index in [2.05, 4.69) is 29.6 Å². The normalized spacial score (nSPS) is 10.2. The Balaban J connectivity index is 0.000000717. The summed E-state index contributed by atoms with van der Waals surface area (Å²) < 4.78 is 5.73. The largest absolute Gasteiger partial charge is 0.493 e. The molecule has 3 aromatic rings. The second-order valence-electron chi connectivity index (χ2n) is 8.16. The van der Waals surface area contributed by atoms with Gasteiger partial charge in [-0.05, 0) is 55.1 Å². The molecule has 0 radical (unpaired) electrons. The summed E-state index contributed by atoms with van der Waals surface area (Å²) in [6, 6.07) is 26.3. The molecule has 37 heavy (non-hydrogen) atoms. The topological polar surface area (TPSA) is 116 Å². The molecule has 0 atom stereocenters. The SMILES string of the molecule is CN(C)CCNC(=O)c1cccc(-c2ccc(CSCCOc3ccccc3)cc2)c1.O=C(O)C(=O)O. The van der Waals surface area contributed by atoms with Crippen LogP contribution in [0.4, 0.5) is 0 Å². The summed E-state index contributed by atoms with van der Waals surface area (Å²) in [6.07, 6.45) is 0. The number of ether oxygens (including phenoxy) is 1. The number of hydrogen-bond acceptors (Lipinski definition) is 6. The third-order valence-electron chi connectivity index (χ3n) is 4.95. The second kappa shape index (κ2) is 16.0. The molecule has 0 heterocycles. The number of hydrogen-bond donors (Lipinski definition) is 3. The van der Waals surface area contributed by atoms with E-state index in [1.165, 1.54) is 5.56 Å². The average Bonchev–Trinajstić information content (AvgIpc) is 2.89. The van der Waals surface area contributed by atoms with Crippen molar-refractivity contribution in [2.24, 2.45) is 0 Å². The molecular formula is C28H32N2O6S. The summed E-state index contributed by atoms with van der Waals surface area (Å²) in [5.41, 5.74) is 4.14. The Morgan fingerprint density at radius 2 is 1.54 bits per heavy atom. The number of nitrogens with zero attached hydrogens (tertiary/aromatic N) is 1. The van der Waals surface area contributed by atoms with Crippen LogP contribution >= 0.6 is 11.8 Å². The van der Waals surface area contributed by atoms with Crippen LogP contribution < -0.4 is 10.1 Å². The van der Waals surface area contributed by atoms with Crippen LogP contribution in [-0.4, -0.2) is 72.5 Å². The molecule has 0 aromatic heterocycles. The van der Waals surface area contributed by atoms with Crippen molar-refractivity contribution in [2.75, 3.05) is 39.5 Å². The summed E-state index contributed by atoms with van der Waals surface area (Å²) in [5.74, 6) is -0.866. The van der Waals surface area contributed by atoms with Crippen LogP contribution in [0.25, 0.3) is 11.1 Å². The number of carbonyl (C=O) groups is 3. The maximum absolute atomic E-state index is 12.4. The molecule has 3 rings (SSSR count). The first-order valence-corrected chi connectivity index (χ1v) is 12.8. The van der Waals surface area contributed by atoms with Crippen LogP contribution in [0.3, 0.4) is 0 Å². The van der Waals surface area contributed by atoms with E-state index in [1.54, 1.807) is 0 Å². The van der Waals surface area contributed by atoms with Gasteiger partial charge in [-0.3, -0.25) is 4.79 Å². The fourth-order valence-corrected chi connectivity index (χ4v) is 3.83. The number of para-hydroxylation sites is 1. The zero-order valence-electron chi connectivity index (χ0n) is 20.9. The Kier molecular flexibility index (Phi) is 12.7. The number of aliphatic carboxylic acids is 2. The Bertz CT molecular complexity index is 1120. The van der Waals surface area contributed by atoms with Crippen molar-refractivity contribution in [2.45, 2.75) is 5.75 Å². The number of amides is 1. The maximum atomic E-state index is 12.4. The lowest BCUT2D eigenvalue weighted by atomic mass is 10.0. The highest BCUT2D eigenvalue weighted by Gasteiger charge is 2.07. The molecule has 9 heteroatoms. The molecule has 0 unspecified atom stereocenters. The van der Waals surface area contributed by atoms with E-state index in [-0.39, 0.29) is 5.91 Å². The van der Waals surface area contributed by atoms with E-state index >= 15 is 0 Å². The third-order valence-corrected chi connectivity index (χ3v) is 5.94. The first-order valence-electron chi connectivity index (χ1n) is 11.6. The fourth-order valence-electron chi connectivity index (χ4n) is 3.05. The van der Waals surface area contributed by atoms with Crippen LogP contribution in [0.1, 0.15) is 15.9 Å². The van der Waals surface area contributed by atoms with E-state index < -0.39 is 11.9 Å². The molecule has 3 aromatic carbocycles. The Hall–Kier alpha value is -3.82. The van der Waals surface area contributed by atoms with Gasteiger partial charge in [-0.15, -0.1) is 0 Å². The maximum Gasteiger partial charge on any atom is 0.414 e. The van der Waals surface area contributed by atoms with Crippen LogP contribution in [0.2, 0.25) is 0 Å². The van der Waals surface area contributed by atoms with Crippen molar-refractivity contribution in [3.05, 3.63) is 90.0 Å². The molecule has 8 nitrogen and oxygen atoms in total. The van der Waals surface area contributed by atoms with Gasteiger partial charge in [-0.25, -0.2) is 9.59 Å². The number of carbonyl (C=O) groups excluding carboxylic acids is 1. The molecule has 0 fully saturated rings. The average molecular weight is 525 g/mol. The first kappa shape index (κ1) is 29.4. The number of carboxylic acid groups (broad SMARTS) is 2. The molecule has 0 aliphatic carbocycles. The van der Waals surface area contributed by atoms with Gasteiger partial charge in [0, 0.05) is 30.2 Å². The van der Waals surface area contributed by atoms with Gasteiger partial charge in [0.25, 0.3) is 5.91 Å². The molecule has 0 spiro atoms. The summed E-state index contributed by atoms with van der Waals surface area (Å²) in [4.78, 5) is 32.6. The standard InChI is InChI=1S/C26H30N2O2S.C2H2O4/c1-28(2)16-15-27-26(29)24-8-6-7-23(19-24)22-13-11-21(12-14-22)20-31-18-17-30-25-9-4-3-5-10-25;3-1(4)2(5)6/h3-14,19H,15-18,20H2,1-2H3,(H,27,29);(H,3,4)(H,5,6). The minimum absolute atomic E-state index is 0.0329. The van der Waals surface area contributed by atoms with Crippen molar-refractivity contribution in [3.63, 3.8) is 0 Å². The summed E-state index contributed by atoms with van der Waals surface area (Å²) in [6.45, 7) is 2.16. The van der Waals surface area contributed by atoms with Crippen molar-refractivity contribution < 1.29 is 29.3 Å². The lowest BCUT2D eigenvalue weighted by Gasteiger charge is -2.11. The van der Waals surface area contributed by atoms with E-state index in [4.69, 9.17) is 24.5 Å². The highest BCUT2D eigenvalue weighted by atomic mass is 32.2. The lowest BCUT2D eigenvalue weighted by molar-refractivity contribution is -0.159. The van der Waals surface area contributed by atoms with Gasteiger partial charge >= 0.3 is 11.9 Å². The summed E-state index contributed by atoms with van der Waals surface area (Å²) in [7, 11) is 3.99. The van der Waals surface area contributed by atoms with Gasteiger partial charge in [-0.1, -0.05) is 54.6 Å². The van der Waals surface area contributed by atoms with E-state index in [1.807, 2.05) is 85.4 Å². The summed E-state index contributed by atoms with van der Waals surface area (Å²) in [5, 5.41) is 17.8. The van der Waals surface area contributed by atoms with Gasteiger partial charge in [-0.2, -0.15) is 11.8 Å². The van der Waals surface area contributed by atoms with E-state index in [0.717, 1.165) is 34.9 Å². The quantitative estimate of drug-likeness (QED) is 0.254. The third kappa shape index (κ3) is 11.6. The monoisotopic (exact) mass is 524 g/mol. The highest BCUT2D eigenvalue weighted by molar-refractivity contribution is 7.98. The van der Waals surface area contributed by atoms with Crippen LogP contribution in [-0.2, 0) is 15.3 Å². The van der Waals surface area contributed by atoms with Crippen LogP contribution in [0, 0.1) is 0 Å². The molecular weight excluding hydrogens is 492 g/mol. The Labute approximate surface area is 221 Å². The fraction of sp³-hybridized carbons (Fsp3) is 0.250. The van der Waals surface area contributed by atoms with Crippen LogP contribution in [0.5, 0.6) is 5.75 Å². The molecule has 3 N–H and O–H groups in total. The lowest BCUT2D eigenvalue weighted by Crippen LogP contribution is -2.31. The molecule has 1 amide bonds. The minimum atomic E-state index is -1.82. The number of carboxylic acids is 2. The number of likely N-dealkylation sites (N-methyl/N-ethyl adjacent to an activating group) is 1. The molecule has 0 saturated carbocycles. The van der Waals surface area contributed by atoms with Crippen molar-refractivity contribution in [1.29, 1.82) is 0 Å². The Morgan fingerprint density at radius 1 is 0.865 bits per heavy atom. The number of thioether (sulfide) groups is 1. The first-order chi connectivity index (χ1) is 17.8. The predicted octanol–water partition coefficient (Wildman–Crippen LogP) is 4.11. The molecule has 0 bridgehead atoms.